The Kier molecular flexibility index (Phi) is 4.50. The third kappa shape index (κ3) is 3.29. The van der Waals surface area contributed by atoms with Crippen LogP contribution in [-0.4, -0.2) is 21.6 Å². The molecule has 0 spiro atoms. The van der Waals surface area contributed by atoms with E-state index in [9.17, 15) is 27.2 Å². The summed E-state index contributed by atoms with van der Waals surface area (Å²) in [7, 11) is 0. The molecule has 10 heteroatoms. The van der Waals surface area contributed by atoms with Crippen LogP contribution in [-0.2, 0) is 15.8 Å². The summed E-state index contributed by atoms with van der Waals surface area (Å²) in [4.78, 5) is 29.3. The highest BCUT2D eigenvalue weighted by atomic mass is 19.4. The molecule has 1 atom stereocenters. The van der Waals surface area contributed by atoms with Crippen molar-refractivity contribution < 1.29 is 27.2 Å². The van der Waals surface area contributed by atoms with E-state index in [2.05, 4.69) is 4.98 Å². The van der Waals surface area contributed by atoms with Gasteiger partial charge in [0, 0.05) is 23.6 Å². The van der Waals surface area contributed by atoms with Gasteiger partial charge < -0.3 is 5.73 Å². The molecular weight excluding hydrogens is 368 g/mol. The van der Waals surface area contributed by atoms with Crippen LogP contribution in [0.25, 0.3) is 0 Å². The minimum atomic E-state index is -4.50. The topological polar surface area (TPSA) is 81.2 Å². The van der Waals surface area contributed by atoms with Crippen LogP contribution in [0.2, 0.25) is 0 Å². The number of primary amides is 1. The molecule has 1 aliphatic rings. The molecule has 1 aromatic heterocycles. The maximum absolute atomic E-state index is 13.8. The number of nitrogens with zero attached hydrogens (tertiary/aromatic N) is 3. The Morgan fingerprint density at radius 2 is 1.89 bits per heavy atom. The molecule has 0 radical (unpaired) electrons. The Hall–Kier alpha value is -3.17. The lowest BCUT2D eigenvalue weighted by molar-refractivity contribution is -0.137. The van der Waals surface area contributed by atoms with Crippen LogP contribution in [0.1, 0.15) is 30.4 Å². The highest BCUT2D eigenvalue weighted by molar-refractivity contribution is 6.04. The molecule has 3 rings (SSSR count). The lowest BCUT2D eigenvalue weighted by Gasteiger charge is -2.33. The number of hydrogen-bond donors (Lipinski definition) is 1. The molecular formula is C17H14F4N4O2. The number of hydrogen-bond acceptors (Lipinski definition) is 3. The summed E-state index contributed by atoms with van der Waals surface area (Å²) in [5.41, 5.74) is 5.06. The van der Waals surface area contributed by atoms with Crippen LogP contribution in [0, 0.1) is 0 Å². The summed E-state index contributed by atoms with van der Waals surface area (Å²) in [6.45, 7) is 1.42. The molecule has 0 saturated carbocycles. The van der Waals surface area contributed by atoms with Gasteiger partial charge in [0.25, 0.3) is 0 Å². The third-order valence-corrected chi connectivity index (χ3v) is 4.41. The molecule has 2 N–H and O–H groups in total. The standard InChI is InChI=1S/C17H14F4N4O2/c1-9-15(16(22)27)12(10-2-4-11(5-3-10)17(18,19)20)6-14(26)25(9)13-7-23-8-24(13)21/h2-5,7-8,12H,6H2,1H3,(H2,22,27). The second-order valence-corrected chi connectivity index (χ2v) is 6.03. The molecule has 1 aliphatic heterocycles. The van der Waals surface area contributed by atoms with Crippen molar-refractivity contribution in [1.82, 2.24) is 9.77 Å². The maximum Gasteiger partial charge on any atom is 0.416 e. The van der Waals surface area contributed by atoms with Crippen molar-refractivity contribution in [3.8, 4) is 0 Å². The van der Waals surface area contributed by atoms with E-state index in [1.54, 1.807) is 0 Å². The summed E-state index contributed by atoms with van der Waals surface area (Å²) < 4.78 is 52.0. The van der Waals surface area contributed by atoms with Crippen LogP contribution < -0.4 is 10.6 Å². The van der Waals surface area contributed by atoms with Gasteiger partial charge in [0.2, 0.25) is 11.8 Å². The lowest BCUT2D eigenvalue weighted by atomic mass is 9.83. The number of anilines is 1. The van der Waals surface area contributed by atoms with Crippen LogP contribution in [0.4, 0.5) is 23.5 Å². The van der Waals surface area contributed by atoms with E-state index in [1.165, 1.54) is 19.1 Å². The summed E-state index contributed by atoms with van der Waals surface area (Å²) in [6, 6.07) is 4.14. The maximum atomic E-state index is 13.8. The Morgan fingerprint density at radius 3 is 2.37 bits per heavy atom. The van der Waals surface area contributed by atoms with E-state index in [4.69, 9.17) is 5.73 Å². The van der Waals surface area contributed by atoms with Gasteiger partial charge in [-0.1, -0.05) is 16.6 Å². The second kappa shape index (κ2) is 6.53. The molecule has 0 aliphatic carbocycles. The first kappa shape index (κ1) is 18.6. The van der Waals surface area contributed by atoms with Crippen LogP contribution in [0.3, 0.4) is 0 Å². The quantitative estimate of drug-likeness (QED) is 0.829. The summed E-state index contributed by atoms with van der Waals surface area (Å²) in [5.74, 6) is -2.41. The van der Waals surface area contributed by atoms with E-state index in [0.29, 0.717) is 5.56 Å². The Bertz CT molecular complexity index is 931. The van der Waals surface area contributed by atoms with Crippen molar-refractivity contribution >= 4 is 17.6 Å². The average molecular weight is 382 g/mol. The van der Waals surface area contributed by atoms with Gasteiger partial charge in [0.15, 0.2) is 5.82 Å². The fourth-order valence-corrected chi connectivity index (χ4v) is 3.19. The van der Waals surface area contributed by atoms with E-state index in [1.807, 2.05) is 0 Å². The van der Waals surface area contributed by atoms with E-state index >= 15 is 0 Å². The number of carbonyl (C=O) groups excluding carboxylic acids is 2. The highest BCUT2D eigenvalue weighted by Gasteiger charge is 2.38. The summed E-state index contributed by atoms with van der Waals surface area (Å²) in [5, 5.41) is 0. The molecule has 0 bridgehead atoms. The number of nitrogens with two attached hydrogens (primary N) is 1. The van der Waals surface area contributed by atoms with Crippen molar-refractivity contribution in [2.75, 3.05) is 4.90 Å². The number of imidazole rings is 1. The molecule has 1 aromatic carbocycles. The number of allylic oxidation sites excluding steroid dienone is 1. The Morgan fingerprint density at radius 1 is 1.26 bits per heavy atom. The first-order valence-electron chi connectivity index (χ1n) is 7.80. The number of halogens is 4. The molecule has 6 nitrogen and oxygen atoms in total. The molecule has 1 unspecified atom stereocenters. The van der Waals surface area contributed by atoms with Gasteiger partial charge in [-0.05, 0) is 24.6 Å². The zero-order valence-electron chi connectivity index (χ0n) is 14.0. The molecule has 142 valence electrons. The van der Waals surface area contributed by atoms with Crippen molar-refractivity contribution in [2.24, 2.45) is 5.73 Å². The molecule has 27 heavy (non-hydrogen) atoms. The zero-order valence-corrected chi connectivity index (χ0v) is 14.0. The van der Waals surface area contributed by atoms with Gasteiger partial charge in [0.1, 0.15) is 6.33 Å². The predicted molar refractivity (Wildman–Crippen MR) is 86.9 cm³/mol. The fourth-order valence-electron chi connectivity index (χ4n) is 3.19. The monoisotopic (exact) mass is 382 g/mol. The predicted octanol–water partition coefficient (Wildman–Crippen LogP) is 2.91. The largest absolute Gasteiger partial charge is 0.416 e. The molecule has 2 amide bonds. The normalized spacial score (nSPS) is 18.2. The van der Waals surface area contributed by atoms with Crippen molar-refractivity contribution in [3.05, 3.63) is 59.2 Å². The summed E-state index contributed by atoms with van der Waals surface area (Å²) >= 11 is 0. The average Bonchev–Trinajstić information content (AvgIpc) is 2.99. The van der Waals surface area contributed by atoms with E-state index in [0.717, 1.165) is 29.6 Å². The van der Waals surface area contributed by atoms with E-state index < -0.39 is 29.5 Å². The third-order valence-electron chi connectivity index (χ3n) is 4.41. The first-order valence-corrected chi connectivity index (χ1v) is 7.80. The van der Waals surface area contributed by atoms with Gasteiger partial charge >= 0.3 is 6.18 Å². The Balaban J connectivity index is 2.07. The SMILES string of the molecule is CC1=C(C(N)=O)C(c2ccc(C(F)(F)F)cc2)CC(=O)N1c1cncn1F. The van der Waals surface area contributed by atoms with E-state index in [-0.39, 0.29) is 28.3 Å². The van der Waals surface area contributed by atoms with Gasteiger partial charge in [-0.25, -0.2) is 4.98 Å². The van der Waals surface area contributed by atoms with Gasteiger partial charge in [-0.15, -0.1) is 4.79 Å². The molecule has 2 aromatic rings. The number of alkyl halides is 3. The molecule has 0 fully saturated rings. The van der Waals surface area contributed by atoms with Crippen molar-refractivity contribution in [3.63, 3.8) is 0 Å². The van der Waals surface area contributed by atoms with Crippen LogP contribution in [0.15, 0.2) is 48.1 Å². The zero-order chi connectivity index (χ0) is 19.9. The van der Waals surface area contributed by atoms with Crippen LogP contribution in [0.5, 0.6) is 0 Å². The number of carbonyl (C=O) groups is 2. The summed E-state index contributed by atoms with van der Waals surface area (Å²) in [6.07, 6.45) is -2.80. The minimum Gasteiger partial charge on any atom is -0.366 e. The number of amides is 2. The lowest BCUT2D eigenvalue weighted by Crippen LogP contribution is -2.40. The smallest absolute Gasteiger partial charge is 0.366 e. The van der Waals surface area contributed by atoms with Gasteiger partial charge in [0.05, 0.1) is 11.8 Å². The van der Waals surface area contributed by atoms with Crippen molar-refractivity contribution in [2.45, 2.75) is 25.4 Å². The Labute approximate surface area is 150 Å². The highest BCUT2D eigenvalue weighted by Crippen LogP contribution is 2.39. The van der Waals surface area contributed by atoms with Crippen LogP contribution >= 0.6 is 0 Å². The number of benzene rings is 1. The number of rotatable bonds is 3. The first-order chi connectivity index (χ1) is 12.6. The van der Waals surface area contributed by atoms with Gasteiger partial charge in [-0.3, -0.25) is 14.5 Å². The molecule has 2 heterocycles. The van der Waals surface area contributed by atoms with Gasteiger partial charge in [-0.2, -0.15) is 13.2 Å². The second-order valence-electron chi connectivity index (χ2n) is 6.03. The molecule has 0 saturated heterocycles. The van der Waals surface area contributed by atoms with Crippen molar-refractivity contribution in [1.29, 1.82) is 0 Å². The fraction of sp³-hybridized carbons (Fsp3) is 0.235. The number of aromatic nitrogens is 2. The minimum absolute atomic E-state index is 0.0237.